The van der Waals surface area contributed by atoms with E-state index >= 15 is 0 Å². The molecule has 0 heterocycles. The first-order valence-corrected chi connectivity index (χ1v) is 9.45. The fraction of sp³-hybridized carbons (Fsp3) is 0.250. The number of amides is 1. The van der Waals surface area contributed by atoms with Gasteiger partial charge in [0.15, 0.2) is 19.5 Å². The molecule has 6 nitrogen and oxygen atoms in total. The zero-order valence-corrected chi connectivity index (χ0v) is 16.0. The molecule has 0 saturated heterocycles. The van der Waals surface area contributed by atoms with Gasteiger partial charge < -0.3 is 14.4 Å². The number of nitrogens with zero attached hydrogens (tertiary/aromatic N) is 1. The van der Waals surface area contributed by atoms with Crippen LogP contribution in [0.25, 0.3) is 0 Å². The Morgan fingerprint density at radius 1 is 1.07 bits per heavy atom. The SMILES string of the molecule is CSc1ccc(CN(C)C(=O)COC(=O)COc2ccccc2C=O)cc1. The summed E-state index contributed by atoms with van der Waals surface area (Å²) in [6.07, 6.45) is 2.64. The Morgan fingerprint density at radius 2 is 1.78 bits per heavy atom. The van der Waals surface area contributed by atoms with Gasteiger partial charge in [0.2, 0.25) is 0 Å². The summed E-state index contributed by atoms with van der Waals surface area (Å²) in [4.78, 5) is 37.4. The molecule has 2 aromatic carbocycles. The molecule has 0 radical (unpaired) electrons. The molecule has 0 aromatic heterocycles. The average molecular weight is 387 g/mol. The number of aldehydes is 1. The Kier molecular flexibility index (Phi) is 7.88. The monoisotopic (exact) mass is 387 g/mol. The van der Waals surface area contributed by atoms with E-state index in [2.05, 4.69) is 0 Å². The van der Waals surface area contributed by atoms with Gasteiger partial charge in [0.25, 0.3) is 5.91 Å². The van der Waals surface area contributed by atoms with E-state index in [-0.39, 0.29) is 19.1 Å². The average Bonchev–Trinajstić information content (AvgIpc) is 2.71. The van der Waals surface area contributed by atoms with Crippen LogP contribution in [-0.2, 0) is 20.9 Å². The van der Waals surface area contributed by atoms with Crippen LogP contribution in [0.4, 0.5) is 0 Å². The van der Waals surface area contributed by atoms with Crippen LogP contribution in [0.1, 0.15) is 15.9 Å². The van der Waals surface area contributed by atoms with Crippen molar-refractivity contribution in [2.24, 2.45) is 0 Å². The van der Waals surface area contributed by atoms with Crippen molar-refractivity contribution in [3.8, 4) is 5.75 Å². The zero-order valence-electron chi connectivity index (χ0n) is 15.2. The summed E-state index contributed by atoms with van der Waals surface area (Å²) in [6, 6.07) is 14.5. The Hall–Kier alpha value is -2.80. The van der Waals surface area contributed by atoms with Gasteiger partial charge in [-0.1, -0.05) is 24.3 Å². The smallest absolute Gasteiger partial charge is 0.344 e. The lowest BCUT2D eigenvalue weighted by Crippen LogP contribution is -2.31. The number of benzene rings is 2. The molecule has 0 atom stereocenters. The normalized spacial score (nSPS) is 10.1. The number of hydrogen-bond donors (Lipinski definition) is 0. The van der Waals surface area contributed by atoms with Crippen molar-refractivity contribution >= 4 is 29.9 Å². The predicted octanol–water partition coefficient (Wildman–Crippen LogP) is 2.80. The summed E-state index contributed by atoms with van der Waals surface area (Å²) in [7, 11) is 1.65. The van der Waals surface area contributed by atoms with Crippen LogP contribution in [0.3, 0.4) is 0 Å². The minimum Gasteiger partial charge on any atom is -0.481 e. The highest BCUT2D eigenvalue weighted by Crippen LogP contribution is 2.16. The number of carbonyl (C=O) groups is 3. The molecule has 142 valence electrons. The molecule has 0 bridgehead atoms. The third-order valence-corrected chi connectivity index (χ3v) is 4.50. The Bertz CT molecular complexity index is 791. The third kappa shape index (κ3) is 6.45. The molecule has 0 unspecified atom stereocenters. The van der Waals surface area contributed by atoms with Gasteiger partial charge in [-0.2, -0.15) is 0 Å². The molecule has 2 aromatic rings. The van der Waals surface area contributed by atoms with E-state index in [1.165, 1.54) is 4.90 Å². The third-order valence-electron chi connectivity index (χ3n) is 3.75. The van der Waals surface area contributed by atoms with Gasteiger partial charge in [-0.25, -0.2) is 4.79 Å². The largest absolute Gasteiger partial charge is 0.481 e. The van der Waals surface area contributed by atoms with Crippen molar-refractivity contribution in [1.82, 2.24) is 4.90 Å². The van der Waals surface area contributed by atoms with E-state index in [1.54, 1.807) is 43.1 Å². The first-order valence-electron chi connectivity index (χ1n) is 8.23. The molecule has 0 aliphatic heterocycles. The second-order valence-corrected chi connectivity index (χ2v) is 6.58. The number of carbonyl (C=O) groups excluding carboxylic acids is 3. The van der Waals surface area contributed by atoms with E-state index in [4.69, 9.17) is 9.47 Å². The predicted molar refractivity (Wildman–Crippen MR) is 103 cm³/mol. The van der Waals surface area contributed by atoms with Gasteiger partial charge in [-0.3, -0.25) is 9.59 Å². The summed E-state index contributed by atoms with van der Waals surface area (Å²) >= 11 is 1.65. The molecule has 27 heavy (non-hydrogen) atoms. The molecule has 0 N–H and O–H groups in total. The molecular weight excluding hydrogens is 366 g/mol. The second kappa shape index (κ2) is 10.4. The van der Waals surface area contributed by atoms with E-state index in [9.17, 15) is 14.4 Å². The maximum atomic E-state index is 12.1. The Morgan fingerprint density at radius 3 is 2.44 bits per heavy atom. The van der Waals surface area contributed by atoms with Crippen LogP contribution in [0.5, 0.6) is 5.75 Å². The van der Waals surface area contributed by atoms with E-state index in [0.29, 0.717) is 24.1 Å². The standard InChI is InChI=1S/C20H21NO5S/c1-21(11-15-7-9-17(27-2)10-8-15)19(23)13-26-20(24)14-25-18-6-4-3-5-16(18)12-22/h3-10,12H,11,13-14H2,1-2H3. The second-order valence-electron chi connectivity index (χ2n) is 5.70. The van der Waals surface area contributed by atoms with E-state index < -0.39 is 5.97 Å². The molecule has 0 aliphatic carbocycles. The lowest BCUT2D eigenvalue weighted by Gasteiger charge is -2.17. The van der Waals surface area contributed by atoms with Crippen LogP contribution in [-0.4, -0.2) is 49.6 Å². The molecule has 0 fully saturated rings. The molecule has 1 amide bonds. The van der Waals surface area contributed by atoms with Gasteiger partial charge in [0.05, 0.1) is 5.56 Å². The lowest BCUT2D eigenvalue weighted by molar-refractivity contribution is -0.153. The molecule has 0 spiro atoms. The van der Waals surface area contributed by atoms with Crippen molar-refractivity contribution in [3.63, 3.8) is 0 Å². The topological polar surface area (TPSA) is 72.9 Å². The van der Waals surface area contributed by atoms with Crippen LogP contribution in [0.2, 0.25) is 0 Å². The first kappa shape index (κ1) is 20.5. The van der Waals surface area contributed by atoms with Crippen molar-refractivity contribution in [3.05, 3.63) is 59.7 Å². The van der Waals surface area contributed by atoms with Gasteiger partial charge in [0.1, 0.15) is 5.75 Å². The Labute approximate surface area is 162 Å². The highest BCUT2D eigenvalue weighted by molar-refractivity contribution is 7.98. The van der Waals surface area contributed by atoms with Gasteiger partial charge >= 0.3 is 5.97 Å². The maximum absolute atomic E-state index is 12.1. The first-order chi connectivity index (χ1) is 13.0. The van der Waals surface area contributed by atoms with Crippen LogP contribution < -0.4 is 4.74 Å². The highest BCUT2D eigenvalue weighted by Gasteiger charge is 2.13. The van der Waals surface area contributed by atoms with Crippen molar-refractivity contribution in [1.29, 1.82) is 0 Å². The minimum absolute atomic E-state index is 0.293. The minimum atomic E-state index is -0.679. The van der Waals surface area contributed by atoms with Gasteiger partial charge in [-0.05, 0) is 36.1 Å². The van der Waals surface area contributed by atoms with E-state index in [0.717, 1.165) is 10.5 Å². The molecule has 0 aliphatic rings. The van der Waals surface area contributed by atoms with Crippen LogP contribution >= 0.6 is 11.8 Å². The summed E-state index contributed by atoms with van der Waals surface area (Å²) in [6.45, 7) is -0.316. The number of likely N-dealkylation sites (N-methyl/N-ethyl adjacent to an activating group) is 1. The number of rotatable bonds is 9. The van der Waals surface area contributed by atoms with Crippen LogP contribution in [0, 0.1) is 0 Å². The molecule has 0 saturated carbocycles. The molecule has 2 rings (SSSR count). The zero-order chi connectivity index (χ0) is 19.6. The highest BCUT2D eigenvalue weighted by atomic mass is 32.2. The number of ether oxygens (including phenoxy) is 2. The molecular formula is C20H21NO5S. The summed E-state index contributed by atoms with van der Waals surface area (Å²) in [5.41, 5.74) is 1.33. The molecule has 7 heteroatoms. The van der Waals surface area contributed by atoms with E-state index in [1.807, 2.05) is 30.5 Å². The summed E-state index contributed by atoms with van der Waals surface area (Å²) in [5.74, 6) is -0.700. The Balaban J connectivity index is 1.76. The van der Waals surface area contributed by atoms with Crippen LogP contribution in [0.15, 0.2) is 53.4 Å². The quantitative estimate of drug-likeness (QED) is 0.374. The van der Waals surface area contributed by atoms with Crippen molar-refractivity contribution < 1.29 is 23.9 Å². The number of esters is 1. The fourth-order valence-corrected chi connectivity index (χ4v) is 2.64. The summed E-state index contributed by atoms with van der Waals surface area (Å²) < 4.78 is 10.2. The van der Waals surface area contributed by atoms with Crippen molar-refractivity contribution in [2.75, 3.05) is 26.5 Å². The lowest BCUT2D eigenvalue weighted by atomic mass is 10.2. The number of para-hydroxylation sites is 1. The maximum Gasteiger partial charge on any atom is 0.344 e. The number of thioether (sulfide) groups is 1. The van der Waals surface area contributed by atoms with Crippen molar-refractivity contribution in [2.45, 2.75) is 11.4 Å². The fourth-order valence-electron chi connectivity index (χ4n) is 2.23. The van der Waals surface area contributed by atoms with Gasteiger partial charge in [-0.15, -0.1) is 11.8 Å². The number of hydrogen-bond acceptors (Lipinski definition) is 6. The van der Waals surface area contributed by atoms with Gasteiger partial charge in [0, 0.05) is 18.5 Å². The summed E-state index contributed by atoms with van der Waals surface area (Å²) in [5, 5.41) is 0.